The molecule has 0 fully saturated rings. The maximum atomic E-state index is 13.0. The molecule has 0 amide bonds. The van der Waals surface area contributed by atoms with Gasteiger partial charge in [0.05, 0.1) is 34.4 Å². The van der Waals surface area contributed by atoms with Crippen LogP contribution >= 0.6 is 0 Å². The Bertz CT molecular complexity index is 1790. The standard InChI is InChI=1S/C91H171NO8/c1-6-8-10-12-14-16-18-20-22-24-26-28-30-32-34-36-38-40-42-43-44-45-46-47-48-50-52-54-56-58-60-62-64-66-68-70-72-74-76-78-80-82-89(94)100-87(86-99-91(90(95)96)97-84-83-92(3,4)5)85-98-88(93)81-79-77-75-73-71-69-67-65-63-61-59-57-55-53-51-49-41-39-37-35-33-31-29-27-25-23-21-19-17-15-13-11-9-7-2/h8,10,14,16,20,22,26,28,87,91H,6-7,9,11-13,15,17-19,21,23-25,27,29-86H2,1-5H3/p+1/b10-8-,16-14-,22-20-,28-26-. The fraction of sp³-hybridized carbons (Fsp3) is 0.879. The lowest BCUT2D eigenvalue weighted by molar-refractivity contribution is -0.870. The number of unbranched alkanes of at least 4 members (excludes halogenated alkanes) is 61. The van der Waals surface area contributed by atoms with Gasteiger partial charge >= 0.3 is 17.9 Å². The van der Waals surface area contributed by atoms with E-state index in [0.29, 0.717) is 17.4 Å². The number of hydrogen-bond acceptors (Lipinski definition) is 7. The van der Waals surface area contributed by atoms with Gasteiger partial charge in [-0.1, -0.05) is 441 Å². The number of ether oxygens (including phenoxy) is 4. The van der Waals surface area contributed by atoms with Crippen LogP contribution in [-0.4, -0.2) is 87.4 Å². The van der Waals surface area contributed by atoms with Gasteiger partial charge in [0.25, 0.3) is 6.29 Å². The number of allylic oxidation sites excluding steroid dienone is 8. The second-order valence-electron chi connectivity index (χ2n) is 31.5. The normalized spacial score (nSPS) is 12.8. The monoisotopic (exact) mass is 1410 g/mol. The maximum absolute atomic E-state index is 13.0. The molecule has 9 nitrogen and oxygen atoms in total. The molecule has 0 bridgehead atoms. The largest absolute Gasteiger partial charge is 0.477 e. The predicted octanol–water partition coefficient (Wildman–Crippen LogP) is 28.8. The summed E-state index contributed by atoms with van der Waals surface area (Å²) in [4.78, 5) is 37.8. The first-order chi connectivity index (χ1) is 49.1. The number of carbonyl (C=O) groups excluding carboxylic acids is 2. The molecule has 588 valence electrons. The molecule has 0 aliphatic rings. The first kappa shape index (κ1) is 97.2. The molecular weight excluding hydrogens is 1230 g/mol. The van der Waals surface area contributed by atoms with E-state index in [1.165, 1.54) is 366 Å². The lowest BCUT2D eigenvalue weighted by Crippen LogP contribution is -2.40. The Kier molecular flexibility index (Phi) is 79.7. The van der Waals surface area contributed by atoms with Gasteiger partial charge in [0, 0.05) is 12.8 Å². The predicted molar refractivity (Wildman–Crippen MR) is 434 cm³/mol. The highest BCUT2D eigenvalue weighted by Crippen LogP contribution is 2.21. The number of esters is 2. The molecule has 0 aliphatic carbocycles. The van der Waals surface area contributed by atoms with Gasteiger partial charge in [0.2, 0.25) is 0 Å². The summed E-state index contributed by atoms with van der Waals surface area (Å²) in [5, 5.41) is 9.79. The molecule has 0 spiro atoms. The third-order valence-corrected chi connectivity index (χ3v) is 20.3. The lowest BCUT2D eigenvalue weighted by atomic mass is 10.0. The third kappa shape index (κ3) is 82.5. The minimum absolute atomic E-state index is 0.174. The van der Waals surface area contributed by atoms with Crippen molar-refractivity contribution in [2.24, 2.45) is 0 Å². The zero-order valence-corrected chi connectivity index (χ0v) is 67.6. The van der Waals surface area contributed by atoms with Crippen LogP contribution in [-0.2, 0) is 33.3 Å². The van der Waals surface area contributed by atoms with Gasteiger partial charge in [0.1, 0.15) is 13.2 Å². The first-order valence-electron chi connectivity index (χ1n) is 44.3. The van der Waals surface area contributed by atoms with E-state index in [-0.39, 0.29) is 38.2 Å². The molecular formula is C91H172NO8+. The number of quaternary nitrogens is 1. The van der Waals surface area contributed by atoms with Crippen molar-refractivity contribution in [3.63, 3.8) is 0 Å². The van der Waals surface area contributed by atoms with Crippen LogP contribution in [0.3, 0.4) is 0 Å². The van der Waals surface area contributed by atoms with Crippen molar-refractivity contribution in [2.45, 2.75) is 469 Å². The number of likely N-dealkylation sites (N-methyl/N-ethyl adjacent to an activating group) is 1. The summed E-state index contributed by atoms with van der Waals surface area (Å²) in [6, 6.07) is 0. The van der Waals surface area contributed by atoms with E-state index in [1.54, 1.807) is 0 Å². The Morgan fingerprint density at radius 1 is 0.310 bits per heavy atom. The van der Waals surface area contributed by atoms with Crippen molar-refractivity contribution in [3.05, 3.63) is 48.6 Å². The molecule has 0 aromatic rings. The Morgan fingerprint density at radius 2 is 0.570 bits per heavy atom. The molecule has 0 heterocycles. The Hall–Kier alpha value is -2.75. The van der Waals surface area contributed by atoms with Crippen LogP contribution < -0.4 is 0 Å². The Balaban J connectivity index is 3.89. The number of carboxylic acids is 1. The van der Waals surface area contributed by atoms with Gasteiger partial charge in [-0.05, 0) is 51.4 Å². The van der Waals surface area contributed by atoms with Crippen molar-refractivity contribution >= 4 is 17.9 Å². The van der Waals surface area contributed by atoms with E-state index < -0.39 is 18.4 Å². The SMILES string of the molecule is CC/C=C\C/C=C\C/C=C\C/C=C\CCCCCCCCCCCCCCCCCCCCCCCCCCCCCCC(=O)OC(COC(=O)CCCCCCCCCCCCCCCCCCCCCCCCCCCCCCCCCCCC)COC(OCC[N+](C)(C)C)C(=O)O. The average molecular weight is 1410 g/mol. The highest BCUT2D eigenvalue weighted by molar-refractivity contribution is 5.71. The van der Waals surface area contributed by atoms with Crippen LogP contribution in [0.25, 0.3) is 0 Å². The molecule has 2 atom stereocenters. The minimum Gasteiger partial charge on any atom is -0.477 e. The summed E-state index contributed by atoms with van der Waals surface area (Å²) in [6.45, 7) is 4.86. The number of nitrogens with zero attached hydrogens (tertiary/aromatic N) is 1. The van der Waals surface area contributed by atoms with Gasteiger partial charge in [-0.25, -0.2) is 4.79 Å². The van der Waals surface area contributed by atoms with Gasteiger partial charge in [0.15, 0.2) is 6.10 Å². The average Bonchev–Trinajstić information content (AvgIpc) is 1.08. The molecule has 2 unspecified atom stereocenters. The van der Waals surface area contributed by atoms with Crippen LogP contribution in [0, 0.1) is 0 Å². The van der Waals surface area contributed by atoms with E-state index in [1.807, 2.05) is 21.1 Å². The number of carbonyl (C=O) groups is 3. The molecule has 1 N–H and O–H groups in total. The van der Waals surface area contributed by atoms with E-state index in [0.717, 1.165) is 64.2 Å². The summed E-state index contributed by atoms with van der Waals surface area (Å²) in [7, 11) is 6.01. The molecule has 0 rings (SSSR count). The van der Waals surface area contributed by atoms with E-state index >= 15 is 0 Å². The number of hydrogen-bond donors (Lipinski definition) is 1. The summed E-state index contributed by atoms with van der Waals surface area (Å²) in [6.07, 6.45) is 106. The topological polar surface area (TPSA) is 108 Å². The van der Waals surface area contributed by atoms with Crippen LogP contribution in [0.15, 0.2) is 48.6 Å². The van der Waals surface area contributed by atoms with Crippen molar-refractivity contribution in [1.29, 1.82) is 0 Å². The molecule has 0 aromatic heterocycles. The van der Waals surface area contributed by atoms with Crippen LogP contribution in [0.2, 0.25) is 0 Å². The zero-order valence-electron chi connectivity index (χ0n) is 67.6. The zero-order chi connectivity index (χ0) is 72.5. The smallest absolute Gasteiger partial charge is 0.361 e. The van der Waals surface area contributed by atoms with Crippen molar-refractivity contribution in [3.8, 4) is 0 Å². The first-order valence-corrected chi connectivity index (χ1v) is 44.3. The number of rotatable bonds is 84. The van der Waals surface area contributed by atoms with Crippen LogP contribution in [0.4, 0.5) is 0 Å². The van der Waals surface area contributed by atoms with Gasteiger partial charge in [-0.15, -0.1) is 0 Å². The van der Waals surface area contributed by atoms with Crippen LogP contribution in [0.1, 0.15) is 457 Å². The molecule has 0 aromatic carbocycles. The summed E-state index contributed by atoms with van der Waals surface area (Å²) in [5.41, 5.74) is 0. The highest BCUT2D eigenvalue weighted by atomic mass is 16.7. The van der Waals surface area contributed by atoms with Crippen molar-refractivity contribution in [2.75, 3.05) is 47.5 Å². The minimum atomic E-state index is -1.51. The molecule has 0 radical (unpaired) electrons. The summed E-state index contributed by atoms with van der Waals surface area (Å²) >= 11 is 0. The molecule has 0 saturated heterocycles. The van der Waals surface area contributed by atoms with Gasteiger partial charge in [-0.3, -0.25) is 9.59 Å². The molecule has 9 heteroatoms. The summed E-state index contributed by atoms with van der Waals surface area (Å²) < 4.78 is 23.1. The third-order valence-electron chi connectivity index (χ3n) is 20.3. The van der Waals surface area contributed by atoms with Crippen molar-refractivity contribution in [1.82, 2.24) is 0 Å². The number of aliphatic carboxylic acids is 1. The second-order valence-corrected chi connectivity index (χ2v) is 31.5. The highest BCUT2D eigenvalue weighted by Gasteiger charge is 2.25. The molecule has 0 aliphatic heterocycles. The van der Waals surface area contributed by atoms with E-state index in [9.17, 15) is 19.5 Å². The van der Waals surface area contributed by atoms with Gasteiger partial charge in [-0.2, -0.15) is 0 Å². The van der Waals surface area contributed by atoms with Gasteiger partial charge < -0.3 is 28.5 Å². The molecule has 100 heavy (non-hydrogen) atoms. The quantitative estimate of drug-likeness (QED) is 0.0211. The van der Waals surface area contributed by atoms with Crippen LogP contribution in [0.5, 0.6) is 0 Å². The Labute approximate surface area is 623 Å². The number of carboxylic acid groups (broad SMARTS) is 1. The van der Waals surface area contributed by atoms with Crippen molar-refractivity contribution < 1.29 is 42.9 Å². The molecule has 0 saturated carbocycles. The van der Waals surface area contributed by atoms with E-state index in [2.05, 4.69) is 62.5 Å². The lowest BCUT2D eigenvalue weighted by Gasteiger charge is -2.25. The van der Waals surface area contributed by atoms with E-state index in [4.69, 9.17) is 18.9 Å². The fourth-order valence-electron chi connectivity index (χ4n) is 13.7. The second kappa shape index (κ2) is 81.9. The Morgan fingerprint density at radius 3 is 0.850 bits per heavy atom. The summed E-state index contributed by atoms with van der Waals surface area (Å²) in [5.74, 6) is -1.96. The fourth-order valence-corrected chi connectivity index (χ4v) is 13.7. The maximum Gasteiger partial charge on any atom is 0.361 e.